The van der Waals surface area contributed by atoms with Crippen LogP contribution in [-0.4, -0.2) is 50.9 Å². The summed E-state index contributed by atoms with van der Waals surface area (Å²) in [6, 6.07) is 0. The Kier molecular flexibility index (Phi) is 3.70. The van der Waals surface area contributed by atoms with Gasteiger partial charge >= 0.3 is 0 Å². The van der Waals surface area contributed by atoms with Crippen molar-refractivity contribution in [3.05, 3.63) is 0 Å². The van der Waals surface area contributed by atoms with Crippen molar-refractivity contribution in [2.45, 2.75) is 12.3 Å². The minimum atomic E-state index is -3.72. The first-order chi connectivity index (χ1) is 6.62. The van der Waals surface area contributed by atoms with E-state index in [0.29, 0.717) is 6.54 Å². The van der Waals surface area contributed by atoms with E-state index in [2.05, 4.69) is 0 Å². The Morgan fingerprint density at radius 3 is 2.13 bits per heavy atom. The zero-order valence-corrected chi connectivity index (χ0v) is 10.9. The SMILES string of the molecule is CC1CN(S(=O)(=O)CS(C)(=O)=O)CC1Cl. The van der Waals surface area contributed by atoms with Crippen molar-refractivity contribution in [1.82, 2.24) is 4.31 Å². The Balaban J connectivity index is 2.81. The zero-order valence-electron chi connectivity index (χ0n) is 8.55. The molecule has 1 heterocycles. The molecule has 1 aliphatic heterocycles. The molecule has 5 nitrogen and oxygen atoms in total. The molecule has 2 unspecified atom stereocenters. The van der Waals surface area contributed by atoms with Crippen molar-refractivity contribution >= 4 is 31.5 Å². The molecule has 8 heteroatoms. The van der Waals surface area contributed by atoms with Crippen LogP contribution in [0.4, 0.5) is 0 Å². The second-order valence-corrected chi connectivity index (χ2v) is 9.00. The first kappa shape index (κ1) is 13.2. The van der Waals surface area contributed by atoms with Crippen molar-refractivity contribution in [2.75, 3.05) is 24.4 Å². The molecular weight excluding hydrogens is 262 g/mol. The molecule has 2 atom stereocenters. The fourth-order valence-electron chi connectivity index (χ4n) is 1.46. The number of sulfone groups is 1. The van der Waals surface area contributed by atoms with Crippen LogP contribution in [0.1, 0.15) is 6.92 Å². The summed E-state index contributed by atoms with van der Waals surface area (Å²) in [5.74, 6) is 0.0565. The summed E-state index contributed by atoms with van der Waals surface area (Å²) in [6.45, 7) is 2.33. The van der Waals surface area contributed by atoms with Crippen LogP contribution in [0.5, 0.6) is 0 Å². The molecule has 15 heavy (non-hydrogen) atoms. The Morgan fingerprint density at radius 1 is 1.27 bits per heavy atom. The summed E-state index contributed by atoms with van der Waals surface area (Å²) in [7, 11) is -7.25. The van der Waals surface area contributed by atoms with Crippen LogP contribution in [0.2, 0.25) is 0 Å². The van der Waals surface area contributed by atoms with Crippen LogP contribution in [0.15, 0.2) is 0 Å². The third kappa shape index (κ3) is 3.58. The smallest absolute Gasteiger partial charge is 0.228 e. The largest absolute Gasteiger partial charge is 0.228 e. The van der Waals surface area contributed by atoms with Gasteiger partial charge in [0, 0.05) is 19.3 Å². The summed E-state index contributed by atoms with van der Waals surface area (Å²) < 4.78 is 46.3. The highest BCUT2D eigenvalue weighted by molar-refractivity contribution is 8.06. The van der Waals surface area contributed by atoms with Gasteiger partial charge in [-0.05, 0) is 5.92 Å². The van der Waals surface area contributed by atoms with Crippen LogP contribution < -0.4 is 0 Å². The minimum Gasteiger partial charge on any atom is -0.228 e. The highest BCUT2D eigenvalue weighted by Crippen LogP contribution is 2.24. The van der Waals surface area contributed by atoms with E-state index in [9.17, 15) is 16.8 Å². The van der Waals surface area contributed by atoms with Crippen LogP contribution in [0, 0.1) is 5.92 Å². The van der Waals surface area contributed by atoms with Gasteiger partial charge in [-0.3, -0.25) is 0 Å². The molecule has 1 aliphatic rings. The zero-order chi connectivity index (χ0) is 11.9. The quantitative estimate of drug-likeness (QED) is 0.673. The van der Waals surface area contributed by atoms with Crippen LogP contribution >= 0.6 is 11.6 Å². The number of hydrogen-bond donors (Lipinski definition) is 0. The molecule has 0 aromatic heterocycles. The normalized spacial score (nSPS) is 29.5. The molecule has 0 radical (unpaired) electrons. The molecule has 90 valence electrons. The molecule has 0 spiro atoms. The summed E-state index contributed by atoms with van der Waals surface area (Å²) in [6.07, 6.45) is 0.905. The number of nitrogens with zero attached hydrogens (tertiary/aromatic N) is 1. The second-order valence-electron chi connectivity index (χ2n) is 3.97. The van der Waals surface area contributed by atoms with E-state index < -0.39 is 24.9 Å². The molecule has 0 bridgehead atoms. The molecule has 0 aliphatic carbocycles. The predicted octanol–water partition coefficient (Wildman–Crippen LogP) is -0.123. The first-order valence-electron chi connectivity index (χ1n) is 4.41. The molecule has 0 aromatic rings. The van der Waals surface area contributed by atoms with E-state index in [-0.39, 0.29) is 17.8 Å². The van der Waals surface area contributed by atoms with Gasteiger partial charge in [0.25, 0.3) is 0 Å². The van der Waals surface area contributed by atoms with E-state index in [1.807, 2.05) is 6.92 Å². The van der Waals surface area contributed by atoms with E-state index in [0.717, 1.165) is 10.6 Å². The van der Waals surface area contributed by atoms with E-state index >= 15 is 0 Å². The fourth-order valence-corrected chi connectivity index (χ4v) is 5.40. The minimum absolute atomic E-state index is 0.0565. The lowest BCUT2D eigenvalue weighted by Gasteiger charge is -2.14. The van der Waals surface area contributed by atoms with Gasteiger partial charge in [-0.25, -0.2) is 16.8 Å². The maximum absolute atomic E-state index is 11.6. The Hall–Kier alpha value is 0.150. The number of halogens is 1. The van der Waals surface area contributed by atoms with Gasteiger partial charge < -0.3 is 0 Å². The lowest BCUT2D eigenvalue weighted by molar-refractivity contribution is 0.467. The Bertz CT molecular complexity index is 420. The van der Waals surface area contributed by atoms with Crippen molar-refractivity contribution in [3.63, 3.8) is 0 Å². The van der Waals surface area contributed by atoms with Crippen molar-refractivity contribution < 1.29 is 16.8 Å². The summed E-state index contributed by atoms with van der Waals surface area (Å²) in [5.41, 5.74) is 0. The molecule has 1 fully saturated rings. The molecule has 0 aromatic carbocycles. The maximum Gasteiger partial charge on any atom is 0.228 e. The molecule has 0 amide bonds. The van der Waals surface area contributed by atoms with Crippen LogP contribution in [-0.2, 0) is 19.9 Å². The van der Waals surface area contributed by atoms with Gasteiger partial charge in [-0.2, -0.15) is 4.31 Å². The lowest BCUT2D eigenvalue weighted by atomic mass is 10.2. The Morgan fingerprint density at radius 2 is 1.80 bits per heavy atom. The predicted molar refractivity (Wildman–Crippen MR) is 59.0 cm³/mol. The summed E-state index contributed by atoms with van der Waals surface area (Å²) in [4.78, 5) is 0. The summed E-state index contributed by atoms with van der Waals surface area (Å²) >= 11 is 5.88. The monoisotopic (exact) mass is 275 g/mol. The highest BCUT2D eigenvalue weighted by atomic mass is 35.5. The molecule has 0 saturated carbocycles. The van der Waals surface area contributed by atoms with Crippen molar-refractivity contribution in [2.24, 2.45) is 5.92 Å². The molecule has 1 rings (SSSR count). The van der Waals surface area contributed by atoms with Gasteiger partial charge in [0.1, 0.15) is 0 Å². The van der Waals surface area contributed by atoms with E-state index in [1.165, 1.54) is 0 Å². The van der Waals surface area contributed by atoms with Gasteiger partial charge in [-0.1, -0.05) is 6.92 Å². The molecule has 0 N–H and O–H groups in total. The topological polar surface area (TPSA) is 71.5 Å². The highest BCUT2D eigenvalue weighted by Gasteiger charge is 2.36. The van der Waals surface area contributed by atoms with E-state index in [1.54, 1.807) is 0 Å². The fraction of sp³-hybridized carbons (Fsp3) is 1.00. The number of sulfonamides is 1. The van der Waals surface area contributed by atoms with Crippen molar-refractivity contribution in [1.29, 1.82) is 0 Å². The number of hydrogen-bond acceptors (Lipinski definition) is 4. The maximum atomic E-state index is 11.6. The average molecular weight is 276 g/mol. The number of rotatable bonds is 3. The molecular formula is C7H14ClNO4S2. The third-order valence-corrected chi connectivity index (χ3v) is 6.80. The summed E-state index contributed by atoms with van der Waals surface area (Å²) in [5, 5.41) is -1.07. The Labute approximate surface area is 95.4 Å². The lowest BCUT2D eigenvalue weighted by Crippen LogP contribution is -2.33. The average Bonchev–Trinajstić information content (AvgIpc) is 2.27. The van der Waals surface area contributed by atoms with Crippen LogP contribution in [0.25, 0.3) is 0 Å². The van der Waals surface area contributed by atoms with Gasteiger partial charge in [0.2, 0.25) is 10.0 Å². The first-order valence-corrected chi connectivity index (χ1v) is 8.52. The number of alkyl halides is 1. The van der Waals surface area contributed by atoms with Gasteiger partial charge in [-0.15, -0.1) is 11.6 Å². The third-order valence-electron chi connectivity index (χ3n) is 2.24. The standard InChI is InChI=1S/C7H14ClNO4S2/c1-6-3-9(4-7(6)8)15(12,13)5-14(2,10)11/h6-7H,3-5H2,1-2H3. The van der Waals surface area contributed by atoms with Crippen molar-refractivity contribution in [3.8, 4) is 0 Å². The van der Waals surface area contributed by atoms with Gasteiger partial charge in [0.05, 0.1) is 5.38 Å². The molecule has 1 saturated heterocycles. The van der Waals surface area contributed by atoms with Crippen LogP contribution in [0.3, 0.4) is 0 Å². The van der Waals surface area contributed by atoms with Gasteiger partial charge in [0.15, 0.2) is 14.9 Å². The van der Waals surface area contributed by atoms with E-state index in [4.69, 9.17) is 11.6 Å². The second kappa shape index (κ2) is 4.20.